The highest BCUT2D eigenvalue weighted by molar-refractivity contribution is 6.05. The van der Waals surface area contributed by atoms with Crippen molar-refractivity contribution < 1.29 is 14.0 Å². The Morgan fingerprint density at radius 1 is 1.29 bits per heavy atom. The highest BCUT2D eigenvalue weighted by Crippen LogP contribution is 2.26. The van der Waals surface area contributed by atoms with Crippen LogP contribution in [0.15, 0.2) is 58.3 Å². The Bertz CT molecular complexity index is 649. The standard InChI is InChI=1S/C16H16N2O3/c1-16(15(19)17-11-13-8-5-9-20-13)10-14(18-21-16)12-6-3-2-4-7-12/h2-9H,10-11H2,1H3,(H,17,19). The molecule has 1 aromatic heterocycles. The Hall–Kier alpha value is -2.56. The molecular weight excluding hydrogens is 268 g/mol. The molecule has 108 valence electrons. The predicted molar refractivity (Wildman–Crippen MR) is 77.6 cm³/mol. The monoisotopic (exact) mass is 284 g/mol. The molecular formula is C16H16N2O3. The van der Waals surface area contributed by atoms with Gasteiger partial charge in [-0.2, -0.15) is 0 Å². The van der Waals surface area contributed by atoms with Crippen LogP contribution >= 0.6 is 0 Å². The fourth-order valence-corrected chi connectivity index (χ4v) is 2.21. The molecule has 1 atom stereocenters. The largest absolute Gasteiger partial charge is 0.467 e. The van der Waals surface area contributed by atoms with Crippen molar-refractivity contribution in [1.82, 2.24) is 5.32 Å². The van der Waals surface area contributed by atoms with Crippen LogP contribution in [0.2, 0.25) is 0 Å². The minimum Gasteiger partial charge on any atom is -0.467 e. The molecule has 1 aliphatic rings. The molecule has 0 aliphatic carbocycles. The average molecular weight is 284 g/mol. The molecule has 0 radical (unpaired) electrons. The molecule has 0 saturated heterocycles. The summed E-state index contributed by atoms with van der Waals surface area (Å²) >= 11 is 0. The van der Waals surface area contributed by atoms with Gasteiger partial charge in [-0.15, -0.1) is 0 Å². The van der Waals surface area contributed by atoms with Crippen LogP contribution in [-0.4, -0.2) is 17.2 Å². The number of hydrogen-bond acceptors (Lipinski definition) is 4. The van der Waals surface area contributed by atoms with E-state index in [4.69, 9.17) is 9.25 Å². The zero-order valence-corrected chi connectivity index (χ0v) is 11.7. The Morgan fingerprint density at radius 3 is 2.81 bits per heavy atom. The molecule has 21 heavy (non-hydrogen) atoms. The van der Waals surface area contributed by atoms with Crippen LogP contribution in [0.1, 0.15) is 24.7 Å². The van der Waals surface area contributed by atoms with Crippen LogP contribution in [-0.2, 0) is 16.2 Å². The fourth-order valence-electron chi connectivity index (χ4n) is 2.21. The first-order valence-electron chi connectivity index (χ1n) is 6.78. The molecule has 2 aromatic rings. The van der Waals surface area contributed by atoms with Crippen LogP contribution in [0.5, 0.6) is 0 Å². The predicted octanol–water partition coefficient (Wildman–Crippen LogP) is 2.48. The molecule has 2 heterocycles. The third-order valence-corrected chi connectivity index (χ3v) is 3.45. The number of furan rings is 1. The van der Waals surface area contributed by atoms with E-state index < -0.39 is 5.60 Å². The van der Waals surface area contributed by atoms with Gasteiger partial charge in [0, 0.05) is 6.42 Å². The minimum absolute atomic E-state index is 0.200. The summed E-state index contributed by atoms with van der Waals surface area (Å²) in [5.41, 5.74) is 0.781. The summed E-state index contributed by atoms with van der Waals surface area (Å²) in [6.45, 7) is 2.08. The van der Waals surface area contributed by atoms with Crippen molar-refractivity contribution in [3.05, 3.63) is 60.1 Å². The number of benzene rings is 1. The first-order chi connectivity index (χ1) is 10.2. The summed E-state index contributed by atoms with van der Waals surface area (Å²) in [7, 11) is 0. The summed E-state index contributed by atoms with van der Waals surface area (Å²) in [6.07, 6.45) is 2.02. The van der Waals surface area contributed by atoms with E-state index in [1.807, 2.05) is 36.4 Å². The summed E-state index contributed by atoms with van der Waals surface area (Å²) in [5, 5.41) is 6.87. The Balaban J connectivity index is 1.63. The van der Waals surface area contributed by atoms with Crippen molar-refractivity contribution in [3.63, 3.8) is 0 Å². The van der Waals surface area contributed by atoms with Crippen molar-refractivity contribution in [2.24, 2.45) is 5.16 Å². The zero-order valence-electron chi connectivity index (χ0n) is 11.7. The second-order valence-corrected chi connectivity index (χ2v) is 5.16. The first kappa shape index (κ1) is 13.4. The van der Waals surface area contributed by atoms with Gasteiger partial charge in [-0.25, -0.2) is 0 Å². The lowest BCUT2D eigenvalue weighted by Crippen LogP contribution is -2.44. The molecule has 5 nitrogen and oxygen atoms in total. The normalized spacial score (nSPS) is 20.7. The van der Waals surface area contributed by atoms with Crippen LogP contribution in [0.3, 0.4) is 0 Å². The van der Waals surface area contributed by atoms with E-state index >= 15 is 0 Å². The van der Waals surface area contributed by atoms with Crippen LogP contribution < -0.4 is 5.32 Å². The molecule has 1 amide bonds. The van der Waals surface area contributed by atoms with Crippen LogP contribution in [0.4, 0.5) is 0 Å². The number of nitrogens with zero attached hydrogens (tertiary/aromatic N) is 1. The van der Waals surface area contributed by atoms with E-state index in [1.54, 1.807) is 19.3 Å². The van der Waals surface area contributed by atoms with Crippen molar-refractivity contribution >= 4 is 11.6 Å². The number of carbonyl (C=O) groups is 1. The lowest BCUT2D eigenvalue weighted by atomic mass is 9.95. The van der Waals surface area contributed by atoms with Gasteiger partial charge in [0.15, 0.2) is 0 Å². The third-order valence-electron chi connectivity index (χ3n) is 3.45. The highest BCUT2D eigenvalue weighted by Gasteiger charge is 2.42. The Morgan fingerprint density at radius 2 is 2.10 bits per heavy atom. The lowest BCUT2D eigenvalue weighted by molar-refractivity contribution is -0.141. The van der Waals surface area contributed by atoms with Crippen molar-refractivity contribution in [1.29, 1.82) is 0 Å². The maximum atomic E-state index is 12.3. The quantitative estimate of drug-likeness (QED) is 0.938. The van der Waals surface area contributed by atoms with Gasteiger partial charge in [-0.05, 0) is 24.6 Å². The van der Waals surface area contributed by atoms with Gasteiger partial charge in [0.05, 0.1) is 18.5 Å². The molecule has 1 aromatic carbocycles. The topological polar surface area (TPSA) is 63.8 Å². The zero-order chi connectivity index (χ0) is 14.7. The van der Waals surface area contributed by atoms with E-state index in [0.717, 1.165) is 11.3 Å². The molecule has 1 N–H and O–H groups in total. The van der Waals surface area contributed by atoms with E-state index in [2.05, 4.69) is 10.5 Å². The summed E-state index contributed by atoms with van der Waals surface area (Å²) in [5.74, 6) is 0.503. The molecule has 0 spiro atoms. The molecule has 1 aliphatic heterocycles. The first-order valence-corrected chi connectivity index (χ1v) is 6.78. The van der Waals surface area contributed by atoms with Gasteiger partial charge >= 0.3 is 0 Å². The average Bonchev–Trinajstić information content (AvgIpc) is 3.16. The second kappa shape index (κ2) is 5.44. The maximum absolute atomic E-state index is 12.3. The maximum Gasteiger partial charge on any atom is 0.267 e. The van der Waals surface area contributed by atoms with Gasteiger partial charge < -0.3 is 14.6 Å². The molecule has 1 unspecified atom stereocenters. The SMILES string of the molecule is CC1(C(=O)NCc2ccco2)CC(c2ccccc2)=NO1. The second-order valence-electron chi connectivity index (χ2n) is 5.16. The van der Waals surface area contributed by atoms with Gasteiger partial charge in [0.1, 0.15) is 5.76 Å². The molecule has 5 heteroatoms. The fraction of sp³-hybridized carbons (Fsp3) is 0.250. The minimum atomic E-state index is -0.974. The van der Waals surface area contributed by atoms with Gasteiger partial charge in [0.2, 0.25) is 5.60 Å². The van der Waals surface area contributed by atoms with Gasteiger partial charge in [-0.1, -0.05) is 35.5 Å². The number of hydrogen-bond donors (Lipinski definition) is 1. The third kappa shape index (κ3) is 2.81. The highest BCUT2D eigenvalue weighted by atomic mass is 16.7. The van der Waals surface area contributed by atoms with Gasteiger partial charge in [-0.3, -0.25) is 4.79 Å². The van der Waals surface area contributed by atoms with Gasteiger partial charge in [0.25, 0.3) is 5.91 Å². The van der Waals surface area contributed by atoms with E-state index in [9.17, 15) is 4.79 Å². The van der Waals surface area contributed by atoms with Crippen LogP contribution in [0.25, 0.3) is 0 Å². The van der Waals surface area contributed by atoms with Crippen molar-refractivity contribution in [3.8, 4) is 0 Å². The summed E-state index contributed by atoms with van der Waals surface area (Å²) < 4.78 is 5.19. The van der Waals surface area contributed by atoms with Crippen LogP contribution in [0, 0.1) is 0 Å². The molecule has 0 bridgehead atoms. The number of rotatable bonds is 4. The Kier molecular flexibility index (Phi) is 3.48. The number of carbonyl (C=O) groups excluding carboxylic acids is 1. The van der Waals surface area contributed by atoms with Crippen molar-refractivity contribution in [2.75, 3.05) is 0 Å². The molecule has 3 rings (SSSR count). The lowest BCUT2D eigenvalue weighted by Gasteiger charge is -2.19. The number of amides is 1. The number of oxime groups is 1. The number of nitrogens with one attached hydrogen (secondary N) is 1. The van der Waals surface area contributed by atoms with E-state index in [-0.39, 0.29) is 5.91 Å². The summed E-state index contributed by atoms with van der Waals surface area (Å²) in [4.78, 5) is 17.7. The van der Waals surface area contributed by atoms with Crippen molar-refractivity contribution in [2.45, 2.75) is 25.5 Å². The van der Waals surface area contributed by atoms with E-state index in [1.165, 1.54) is 0 Å². The molecule has 0 saturated carbocycles. The van der Waals surface area contributed by atoms with E-state index in [0.29, 0.717) is 18.7 Å². The Labute approximate surface area is 122 Å². The smallest absolute Gasteiger partial charge is 0.267 e. The summed E-state index contributed by atoms with van der Waals surface area (Å²) in [6, 6.07) is 13.3. The molecule has 0 fully saturated rings.